The van der Waals surface area contributed by atoms with E-state index >= 15 is 4.39 Å². The molecule has 0 aliphatic carbocycles. The molecule has 0 atom stereocenters. The topological polar surface area (TPSA) is 15.7 Å². The van der Waals surface area contributed by atoms with Gasteiger partial charge in [-0.15, -0.1) is 0 Å². The molecule has 1 heterocycles. The fraction of sp³-hybridized carbons (Fsp3) is 0.500. The highest BCUT2D eigenvalue weighted by atomic mass is 19.2. The van der Waals surface area contributed by atoms with Gasteiger partial charge in [0.15, 0.2) is 0 Å². The molecule has 0 bridgehead atoms. The Bertz CT molecular complexity index is 851. The summed E-state index contributed by atoms with van der Waals surface area (Å²) in [5.41, 5.74) is 6.25. The number of halogens is 1. The smallest absolute Gasteiger partial charge is 0.314 e. The number of methoxy groups -OCH3 is 1. The number of anilines is 2. The predicted octanol–water partition coefficient (Wildman–Crippen LogP) is 8.21. The molecule has 0 fully saturated rings. The first-order valence-corrected chi connectivity index (χ1v) is 11.8. The maximum atomic E-state index is 17.1. The molecule has 32 heavy (non-hydrogen) atoms. The normalized spacial score (nSPS) is 15.8. The molecule has 0 saturated carbocycles. The summed E-state index contributed by atoms with van der Waals surface area (Å²) < 4.78 is 22.8. The van der Waals surface area contributed by atoms with Gasteiger partial charge < -0.3 is 4.74 Å². The number of nitrogens with zero attached hydrogens (tertiary/aromatic N) is 2. The van der Waals surface area contributed by atoms with Gasteiger partial charge in [0.25, 0.3) is 0 Å². The van der Waals surface area contributed by atoms with E-state index in [1.807, 2.05) is 12.4 Å². The summed E-state index contributed by atoms with van der Waals surface area (Å²) >= 11 is 0. The van der Waals surface area contributed by atoms with Gasteiger partial charge in [0.1, 0.15) is 0 Å². The molecule has 174 valence electrons. The van der Waals surface area contributed by atoms with Crippen LogP contribution in [0.2, 0.25) is 0 Å². The Balaban J connectivity index is 2.25. The van der Waals surface area contributed by atoms with Crippen molar-refractivity contribution in [2.45, 2.75) is 85.2 Å². The van der Waals surface area contributed by atoms with Crippen LogP contribution < -0.4 is 9.80 Å². The van der Waals surface area contributed by atoms with Crippen molar-refractivity contribution in [2.24, 2.45) is 0 Å². The first kappa shape index (κ1) is 24.3. The lowest BCUT2D eigenvalue weighted by molar-refractivity contribution is -0.105. The van der Waals surface area contributed by atoms with E-state index in [1.165, 1.54) is 7.11 Å². The van der Waals surface area contributed by atoms with E-state index in [-0.39, 0.29) is 23.7 Å². The second-order valence-corrected chi connectivity index (χ2v) is 9.96. The maximum absolute atomic E-state index is 17.1. The number of alkyl halides is 1. The van der Waals surface area contributed by atoms with Crippen molar-refractivity contribution in [3.8, 4) is 0 Å². The van der Waals surface area contributed by atoms with E-state index in [0.717, 1.165) is 33.6 Å². The Morgan fingerprint density at radius 3 is 1.12 bits per heavy atom. The van der Waals surface area contributed by atoms with Crippen molar-refractivity contribution in [3.63, 3.8) is 0 Å². The van der Waals surface area contributed by atoms with Crippen LogP contribution in [0.3, 0.4) is 0 Å². The fourth-order valence-electron chi connectivity index (χ4n) is 4.63. The molecule has 1 aliphatic rings. The second kappa shape index (κ2) is 9.27. The molecule has 0 saturated heterocycles. The minimum atomic E-state index is -2.16. The molecule has 0 amide bonds. The fourth-order valence-corrected chi connectivity index (χ4v) is 4.63. The molecule has 0 N–H and O–H groups in total. The monoisotopic (exact) mass is 438 g/mol. The number of hydrogen-bond donors (Lipinski definition) is 0. The van der Waals surface area contributed by atoms with Gasteiger partial charge in [0.2, 0.25) is 0 Å². The summed E-state index contributed by atoms with van der Waals surface area (Å²) in [4.78, 5) is 3.36. The molecule has 0 aromatic heterocycles. The molecular weight excluding hydrogens is 399 g/mol. The van der Waals surface area contributed by atoms with Crippen LogP contribution in [0.15, 0.2) is 48.8 Å². The van der Waals surface area contributed by atoms with Gasteiger partial charge in [-0.3, -0.25) is 9.80 Å². The number of rotatable bonds is 7. The molecule has 1 aliphatic heterocycles. The average molecular weight is 439 g/mol. The van der Waals surface area contributed by atoms with Crippen LogP contribution in [0.1, 0.15) is 101 Å². The van der Waals surface area contributed by atoms with E-state index in [0.29, 0.717) is 0 Å². The van der Waals surface area contributed by atoms with Crippen LogP contribution in [0.5, 0.6) is 0 Å². The van der Waals surface area contributed by atoms with E-state index < -0.39 is 6.10 Å². The van der Waals surface area contributed by atoms with Gasteiger partial charge in [0.05, 0.1) is 11.4 Å². The van der Waals surface area contributed by atoms with E-state index in [1.54, 1.807) is 9.80 Å². The van der Waals surface area contributed by atoms with Crippen LogP contribution in [0.4, 0.5) is 15.8 Å². The van der Waals surface area contributed by atoms with Gasteiger partial charge in [-0.1, -0.05) is 91.8 Å². The Labute approximate surface area is 193 Å². The lowest BCUT2D eigenvalue weighted by Gasteiger charge is -2.40. The van der Waals surface area contributed by atoms with Crippen LogP contribution in [0.25, 0.3) is 0 Å². The van der Waals surface area contributed by atoms with Crippen molar-refractivity contribution >= 4 is 11.4 Å². The summed E-state index contributed by atoms with van der Waals surface area (Å²) in [6, 6.07) is 12.5. The number of benzene rings is 2. The number of hydrogen-bond acceptors (Lipinski definition) is 3. The average Bonchev–Trinajstić information content (AvgIpc) is 3.09. The molecule has 2 aromatic carbocycles. The zero-order valence-corrected chi connectivity index (χ0v) is 21.1. The Hall–Kier alpha value is -2.33. The molecule has 3 nitrogen and oxygen atoms in total. The SMILES string of the molecule is COC1(F)N(c2c(C(C)C)cccc2C(C)C)C=CN1c1c(C(C)C)cccc1C(C)C. The summed E-state index contributed by atoms with van der Waals surface area (Å²) in [7, 11) is 1.45. The minimum Gasteiger partial charge on any atom is -0.314 e. The van der Waals surface area contributed by atoms with E-state index in [2.05, 4.69) is 91.8 Å². The molecule has 2 aromatic rings. The van der Waals surface area contributed by atoms with Crippen LogP contribution in [-0.4, -0.2) is 13.2 Å². The number of ether oxygens (including phenoxy) is 1. The van der Waals surface area contributed by atoms with Crippen molar-refractivity contribution in [2.75, 3.05) is 16.9 Å². The first-order chi connectivity index (χ1) is 15.0. The van der Waals surface area contributed by atoms with Gasteiger partial charge in [-0.05, 0) is 45.9 Å². The quantitative estimate of drug-likeness (QED) is 0.405. The zero-order valence-electron chi connectivity index (χ0n) is 21.1. The Morgan fingerprint density at radius 2 is 0.906 bits per heavy atom. The van der Waals surface area contributed by atoms with E-state index in [9.17, 15) is 0 Å². The van der Waals surface area contributed by atoms with Crippen LogP contribution >= 0.6 is 0 Å². The van der Waals surface area contributed by atoms with Gasteiger partial charge >= 0.3 is 6.10 Å². The van der Waals surface area contributed by atoms with Gasteiger partial charge in [0, 0.05) is 19.5 Å². The molecule has 4 heteroatoms. The summed E-state index contributed by atoms with van der Waals surface area (Å²) in [5, 5.41) is 0. The number of para-hydroxylation sites is 2. The standard InChI is InChI=1S/C28H39FN2O/c1-18(2)22-12-10-13-23(19(3)4)26(22)30-16-17-31(28(30,29)32-9)27-24(20(5)6)14-11-15-25(27)21(7)8/h10-21H,1-9H3. The van der Waals surface area contributed by atoms with Gasteiger partial charge in [-0.25, -0.2) is 0 Å². The summed E-state index contributed by atoms with van der Waals surface area (Å²) in [6.07, 6.45) is 1.50. The first-order valence-electron chi connectivity index (χ1n) is 11.8. The third-order valence-electron chi connectivity index (χ3n) is 6.39. The summed E-state index contributed by atoms with van der Waals surface area (Å²) in [5.74, 6) is 1.01. The highest BCUT2D eigenvalue weighted by Crippen LogP contribution is 2.47. The highest BCUT2D eigenvalue weighted by molar-refractivity contribution is 5.72. The lowest BCUT2D eigenvalue weighted by Crippen LogP contribution is -2.53. The molecule has 0 unspecified atom stereocenters. The summed E-state index contributed by atoms with van der Waals surface area (Å²) in [6.45, 7) is 17.2. The minimum absolute atomic E-state index is 0.251. The van der Waals surface area contributed by atoms with Crippen molar-refractivity contribution in [3.05, 3.63) is 71.1 Å². The molecule has 3 rings (SSSR count). The second-order valence-electron chi connectivity index (χ2n) is 9.96. The largest absolute Gasteiger partial charge is 0.386 e. The van der Waals surface area contributed by atoms with Crippen molar-refractivity contribution in [1.29, 1.82) is 0 Å². The predicted molar refractivity (Wildman–Crippen MR) is 134 cm³/mol. The third-order valence-corrected chi connectivity index (χ3v) is 6.39. The maximum Gasteiger partial charge on any atom is 0.386 e. The Morgan fingerprint density at radius 1 is 0.625 bits per heavy atom. The molecule has 0 spiro atoms. The molecule has 0 radical (unpaired) electrons. The van der Waals surface area contributed by atoms with Crippen LogP contribution in [0, 0.1) is 0 Å². The van der Waals surface area contributed by atoms with Gasteiger partial charge in [-0.2, -0.15) is 4.39 Å². The third kappa shape index (κ3) is 4.05. The van der Waals surface area contributed by atoms with Crippen molar-refractivity contribution in [1.82, 2.24) is 0 Å². The van der Waals surface area contributed by atoms with Crippen molar-refractivity contribution < 1.29 is 9.13 Å². The Kier molecular flexibility index (Phi) is 7.04. The highest BCUT2D eigenvalue weighted by Gasteiger charge is 2.49. The zero-order chi connectivity index (χ0) is 23.8. The molecular formula is C28H39FN2O. The van der Waals surface area contributed by atoms with E-state index in [4.69, 9.17) is 4.74 Å². The lowest BCUT2D eigenvalue weighted by atomic mass is 9.91. The van der Waals surface area contributed by atoms with Crippen LogP contribution in [-0.2, 0) is 4.74 Å².